The zero-order valence-electron chi connectivity index (χ0n) is 14.4. The second-order valence-electron chi connectivity index (χ2n) is 6.56. The molecule has 0 radical (unpaired) electrons. The first-order valence-electron chi connectivity index (χ1n) is 8.45. The Morgan fingerprint density at radius 3 is 2.46 bits per heavy atom. The molecule has 0 bridgehead atoms. The number of ether oxygens (including phenoxy) is 1. The summed E-state index contributed by atoms with van der Waals surface area (Å²) in [6, 6.07) is 10.5. The summed E-state index contributed by atoms with van der Waals surface area (Å²) in [5, 5.41) is 9.46. The fourth-order valence-electron chi connectivity index (χ4n) is 3.57. The first-order chi connectivity index (χ1) is 13.3. The largest absolute Gasteiger partial charge is 0.508 e. The lowest BCUT2D eigenvalue weighted by molar-refractivity contribution is -0.138. The van der Waals surface area contributed by atoms with Gasteiger partial charge in [-0.15, -0.1) is 0 Å². The van der Waals surface area contributed by atoms with Crippen molar-refractivity contribution in [3.63, 3.8) is 0 Å². The van der Waals surface area contributed by atoms with Crippen LogP contribution in [0.25, 0.3) is 0 Å². The molecule has 4 rings (SSSR count). The average molecular weight is 389 g/mol. The van der Waals surface area contributed by atoms with Gasteiger partial charge in [-0.3, -0.25) is 9.69 Å². The van der Waals surface area contributed by atoms with Gasteiger partial charge in [0.05, 0.1) is 16.8 Å². The summed E-state index contributed by atoms with van der Waals surface area (Å²) in [5.74, 6) is -1.58. The fraction of sp³-hybridized carbons (Fsp3) is 0.200. The zero-order valence-corrected chi connectivity index (χ0v) is 14.4. The highest BCUT2D eigenvalue weighted by Crippen LogP contribution is 2.43. The molecule has 0 saturated carbocycles. The van der Waals surface area contributed by atoms with Crippen LogP contribution >= 0.6 is 0 Å². The van der Waals surface area contributed by atoms with Crippen LogP contribution in [0.15, 0.2) is 59.8 Å². The number of carbonyl (C=O) groups excluding carboxylic acids is 2. The van der Waals surface area contributed by atoms with Gasteiger partial charge >= 0.3 is 12.1 Å². The van der Waals surface area contributed by atoms with Crippen LogP contribution in [0, 0.1) is 0 Å². The molecule has 0 aromatic heterocycles. The molecule has 0 fully saturated rings. The van der Waals surface area contributed by atoms with Crippen molar-refractivity contribution in [2.24, 2.45) is 0 Å². The topological polar surface area (TPSA) is 66.8 Å². The summed E-state index contributed by atoms with van der Waals surface area (Å²) in [6.45, 7) is -0.190. The number of anilines is 1. The SMILES string of the molecule is O=C1OCC2=C1C(c1ccc(O)cc1)CC(=O)N2c1cccc(C(F)(F)F)c1. The molecule has 5 nitrogen and oxygen atoms in total. The molecule has 2 aromatic rings. The Kier molecular flexibility index (Phi) is 4.14. The van der Waals surface area contributed by atoms with E-state index in [1.807, 2.05) is 0 Å². The smallest absolute Gasteiger partial charge is 0.416 e. The number of carbonyl (C=O) groups is 2. The number of aromatic hydroxyl groups is 1. The predicted molar refractivity (Wildman–Crippen MR) is 92.4 cm³/mol. The van der Waals surface area contributed by atoms with Crippen LogP contribution in [0.3, 0.4) is 0 Å². The van der Waals surface area contributed by atoms with Crippen LogP contribution in [0.5, 0.6) is 5.75 Å². The summed E-state index contributed by atoms with van der Waals surface area (Å²) in [7, 11) is 0. The van der Waals surface area contributed by atoms with Crippen molar-refractivity contribution in [1.29, 1.82) is 0 Å². The van der Waals surface area contributed by atoms with E-state index in [1.165, 1.54) is 24.3 Å². The molecule has 144 valence electrons. The Morgan fingerprint density at radius 1 is 1.07 bits per heavy atom. The number of alkyl halides is 3. The van der Waals surface area contributed by atoms with Crippen LogP contribution in [-0.2, 0) is 20.5 Å². The zero-order chi connectivity index (χ0) is 20.1. The Labute approximate surface area is 157 Å². The molecule has 1 unspecified atom stereocenters. The van der Waals surface area contributed by atoms with Crippen LogP contribution in [0.2, 0.25) is 0 Å². The van der Waals surface area contributed by atoms with Gasteiger partial charge in [-0.1, -0.05) is 18.2 Å². The van der Waals surface area contributed by atoms with Gasteiger partial charge in [0.15, 0.2) is 0 Å². The van der Waals surface area contributed by atoms with E-state index >= 15 is 0 Å². The van der Waals surface area contributed by atoms with Gasteiger partial charge in [0.1, 0.15) is 12.4 Å². The molecule has 2 aromatic carbocycles. The minimum absolute atomic E-state index is 0.0368. The number of hydrogen-bond donors (Lipinski definition) is 1. The van der Waals surface area contributed by atoms with E-state index in [0.29, 0.717) is 5.56 Å². The van der Waals surface area contributed by atoms with Gasteiger partial charge < -0.3 is 9.84 Å². The number of rotatable bonds is 2. The first-order valence-corrected chi connectivity index (χ1v) is 8.45. The number of hydrogen-bond acceptors (Lipinski definition) is 4. The Bertz CT molecular complexity index is 995. The van der Waals surface area contributed by atoms with Gasteiger partial charge in [0, 0.05) is 18.0 Å². The predicted octanol–water partition coefficient (Wildman–Crippen LogP) is 3.74. The number of amides is 1. The standard InChI is InChI=1S/C20H14F3NO4/c21-20(22,23)12-2-1-3-13(8-12)24-16-10-28-19(27)18(16)15(9-17(24)26)11-4-6-14(25)7-5-11/h1-8,15,25H,9-10H2. The molecule has 1 N–H and O–H groups in total. The highest BCUT2D eigenvalue weighted by molar-refractivity contribution is 6.06. The van der Waals surface area contributed by atoms with E-state index in [-0.39, 0.29) is 35.7 Å². The first kappa shape index (κ1) is 18.1. The second kappa shape index (κ2) is 6.40. The lowest BCUT2D eigenvalue weighted by Crippen LogP contribution is -2.37. The third-order valence-electron chi connectivity index (χ3n) is 4.84. The van der Waals surface area contributed by atoms with E-state index < -0.39 is 29.5 Å². The number of nitrogens with zero attached hydrogens (tertiary/aromatic N) is 1. The van der Waals surface area contributed by atoms with Crippen LogP contribution in [0.1, 0.15) is 23.5 Å². The molecule has 0 aliphatic carbocycles. The number of esters is 1. The molecule has 0 spiro atoms. The Balaban J connectivity index is 1.81. The maximum atomic E-state index is 13.1. The third kappa shape index (κ3) is 3.00. The quantitative estimate of drug-likeness (QED) is 0.795. The van der Waals surface area contributed by atoms with Gasteiger partial charge in [0.25, 0.3) is 0 Å². The number of phenols is 1. The molecule has 1 atom stereocenters. The molecule has 1 amide bonds. The number of cyclic esters (lactones) is 1. The van der Waals surface area contributed by atoms with E-state index in [9.17, 15) is 27.9 Å². The second-order valence-corrected chi connectivity index (χ2v) is 6.56. The maximum Gasteiger partial charge on any atom is 0.416 e. The Hall–Kier alpha value is -3.29. The monoisotopic (exact) mass is 389 g/mol. The van der Waals surface area contributed by atoms with Crippen LogP contribution < -0.4 is 4.90 Å². The highest BCUT2D eigenvalue weighted by Gasteiger charge is 2.43. The van der Waals surface area contributed by atoms with Crippen LogP contribution in [-0.4, -0.2) is 23.6 Å². The normalized spacial score (nSPS) is 19.7. The molecular formula is C20H14F3NO4. The molecule has 2 aliphatic rings. The Morgan fingerprint density at radius 2 is 1.79 bits per heavy atom. The van der Waals surface area contributed by atoms with Gasteiger partial charge in [-0.25, -0.2) is 4.79 Å². The lowest BCUT2D eigenvalue weighted by Gasteiger charge is -2.32. The van der Waals surface area contributed by atoms with Crippen molar-refractivity contribution >= 4 is 17.6 Å². The van der Waals surface area contributed by atoms with Crippen LogP contribution in [0.4, 0.5) is 18.9 Å². The van der Waals surface area contributed by atoms with Crippen molar-refractivity contribution in [1.82, 2.24) is 0 Å². The van der Waals surface area contributed by atoms with Crippen molar-refractivity contribution in [3.8, 4) is 5.75 Å². The maximum absolute atomic E-state index is 13.1. The molecule has 2 aliphatic heterocycles. The molecular weight excluding hydrogens is 375 g/mol. The highest BCUT2D eigenvalue weighted by atomic mass is 19.4. The van der Waals surface area contributed by atoms with E-state index in [1.54, 1.807) is 12.1 Å². The number of phenolic OH excluding ortho intramolecular Hbond substituents is 1. The van der Waals surface area contributed by atoms with Gasteiger partial charge in [-0.05, 0) is 35.9 Å². The minimum Gasteiger partial charge on any atom is -0.508 e. The summed E-state index contributed by atoms with van der Waals surface area (Å²) in [5.41, 5.74) is 0.295. The summed E-state index contributed by atoms with van der Waals surface area (Å²) in [4.78, 5) is 26.3. The van der Waals surface area contributed by atoms with E-state index in [0.717, 1.165) is 17.0 Å². The number of halogens is 3. The molecule has 8 heteroatoms. The van der Waals surface area contributed by atoms with Gasteiger partial charge in [0.2, 0.25) is 5.91 Å². The summed E-state index contributed by atoms with van der Waals surface area (Å²) >= 11 is 0. The summed E-state index contributed by atoms with van der Waals surface area (Å²) in [6.07, 6.45) is -4.66. The number of benzene rings is 2. The molecule has 28 heavy (non-hydrogen) atoms. The summed E-state index contributed by atoms with van der Waals surface area (Å²) < 4.78 is 44.3. The van der Waals surface area contributed by atoms with E-state index in [4.69, 9.17) is 4.74 Å². The van der Waals surface area contributed by atoms with Crippen molar-refractivity contribution < 1.29 is 32.6 Å². The van der Waals surface area contributed by atoms with Crippen molar-refractivity contribution in [2.45, 2.75) is 18.5 Å². The molecule has 0 saturated heterocycles. The fourth-order valence-corrected chi connectivity index (χ4v) is 3.57. The van der Waals surface area contributed by atoms with E-state index in [2.05, 4.69) is 0 Å². The van der Waals surface area contributed by atoms with Crippen molar-refractivity contribution in [2.75, 3.05) is 11.5 Å². The molecule has 2 heterocycles. The lowest BCUT2D eigenvalue weighted by atomic mass is 9.84. The van der Waals surface area contributed by atoms with Crippen molar-refractivity contribution in [3.05, 3.63) is 70.9 Å². The third-order valence-corrected chi connectivity index (χ3v) is 4.84. The van der Waals surface area contributed by atoms with Gasteiger partial charge in [-0.2, -0.15) is 13.2 Å². The minimum atomic E-state index is -4.55. The average Bonchev–Trinajstić information content (AvgIpc) is 3.03.